The van der Waals surface area contributed by atoms with Crippen molar-refractivity contribution in [2.75, 3.05) is 7.11 Å². The largest absolute Gasteiger partial charge is 0.465 e. The molecule has 3 nitrogen and oxygen atoms in total. The molecule has 0 bridgehead atoms. The number of aryl methyl sites for hydroxylation is 1. The topological polar surface area (TPSA) is 42.1 Å². The van der Waals surface area contributed by atoms with Gasteiger partial charge in [-0.25, -0.2) is 4.79 Å². The summed E-state index contributed by atoms with van der Waals surface area (Å²) in [6.07, 6.45) is 1.95. The third-order valence-corrected chi connectivity index (χ3v) is 2.44. The average Bonchev–Trinajstić information content (AvgIpc) is 2.75. The maximum absolute atomic E-state index is 11.2. The number of hydrogen-bond acceptors (Lipinski definition) is 2. The first-order valence-electron chi connectivity index (χ1n) is 5.04. The van der Waals surface area contributed by atoms with Crippen LogP contribution in [0.2, 0.25) is 0 Å². The molecule has 0 fully saturated rings. The number of ether oxygens (including phenoxy) is 1. The van der Waals surface area contributed by atoms with Gasteiger partial charge in [0.05, 0.1) is 12.7 Å². The molecular weight excluding hydrogens is 202 g/mol. The number of hydrogen-bond donors (Lipinski definition) is 1. The molecule has 0 aliphatic rings. The summed E-state index contributed by atoms with van der Waals surface area (Å²) >= 11 is 0. The maximum atomic E-state index is 11.2. The average molecular weight is 215 g/mol. The van der Waals surface area contributed by atoms with Crippen molar-refractivity contribution >= 4 is 5.97 Å². The highest BCUT2D eigenvalue weighted by molar-refractivity contribution is 5.89. The van der Waals surface area contributed by atoms with Crippen molar-refractivity contribution in [1.29, 1.82) is 0 Å². The van der Waals surface area contributed by atoms with Crippen LogP contribution in [0.15, 0.2) is 36.5 Å². The van der Waals surface area contributed by atoms with Crippen LogP contribution < -0.4 is 0 Å². The Kier molecular flexibility index (Phi) is 2.77. The molecule has 1 heterocycles. The second-order valence-electron chi connectivity index (χ2n) is 3.66. The Morgan fingerprint density at radius 3 is 2.44 bits per heavy atom. The van der Waals surface area contributed by atoms with Crippen LogP contribution in [0.3, 0.4) is 0 Å². The summed E-state index contributed by atoms with van der Waals surface area (Å²) in [5.74, 6) is -0.311. The van der Waals surface area contributed by atoms with E-state index in [1.54, 1.807) is 12.1 Å². The lowest BCUT2D eigenvalue weighted by Gasteiger charge is -2.01. The molecule has 0 unspecified atom stereocenters. The number of rotatable bonds is 2. The van der Waals surface area contributed by atoms with Gasteiger partial charge in [0.15, 0.2) is 0 Å². The number of nitrogens with one attached hydrogen (secondary N) is 1. The fourth-order valence-corrected chi connectivity index (χ4v) is 1.57. The number of benzene rings is 1. The van der Waals surface area contributed by atoms with E-state index in [1.165, 1.54) is 12.7 Å². The van der Waals surface area contributed by atoms with Crippen LogP contribution in [-0.2, 0) is 4.74 Å². The van der Waals surface area contributed by atoms with Crippen molar-refractivity contribution in [3.8, 4) is 11.3 Å². The van der Waals surface area contributed by atoms with Gasteiger partial charge in [0, 0.05) is 11.9 Å². The molecule has 0 amide bonds. The summed E-state index contributed by atoms with van der Waals surface area (Å²) in [5.41, 5.74) is 3.86. The molecular formula is C13H13NO2. The second-order valence-corrected chi connectivity index (χ2v) is 3.66. The van der Waals surface area contributed by atoms with Gasteiger partial charge in [0.1, 0.15) is 0 Å². The molecule has 2 aromatic rings. The number of aromatic nitrogens is 1. The lowest BCUT2D eigenvalue weighted by Crippen LogP contribution is -2.00. The summed E-state index contributed by atoms with van der Waals surface area (Å²) in [4.78, 5) is 14.4. The molecule has 3 heteroatoms. The zero-order chi connectivity index (χ0) is 11.5. The van der Waals surface area contributed by atoms with Crippen LogP contribution >= 0.6 is 0 Å². The molecule has 0 saturated carbocycles. The molecule has 82 valence electrons. The SMILES string of the molecule is COC(=O)c1ccc(-c2cc(C)c[nH]2)cc1. The summed E-state index contributed by atoms with van der Waals surface area (Å²) < 4.78 is 4.64. The normalized spacial score (nSPS) is 10.1. The fraction of sp³-hybridized carbons (Fsp3) is 0.154. The minimum atomic E-state index is -0.311. The first-order chi connectivity index (χ1) is 7.70. The van der Waals surface area contributed by atoms with Gasteiger partial charge in [-0.2, -0.15) is 0 Å². The van der Waals surface area contributed by atoms with E-state index in [2.05, 4.69) is 15.8 Å². The van der Waals surface area contributed by atoms with Crippen molar-refractivity contribution in [2.24, 2.45) is 0 Å². The number of carbonyl (C=O) groups is 1. The van der Waals surface area contributed by atoms with Crippen molar-refractivity contribution in [3.05, 3.63) is 47.7 Å². The van der Waals surface area contributed by atoms with Crippen LogP contribution in [-0.4, -0.2) is 18.1 Å². The van der Waals surface area contributed by atoms with E-state index < -0.39 is 0 Å². The Bertz CT molecular complexity index is 497. The Morgan fingerprint density at radius 1 is 1.25 bits per heavy atom. The molecule has 0 spiro atoms. The zero-order valence-electron chi connectivity index (χ0n) is 9.28. The summed E-state index contributed by atoms with van der Waals surface area (Å²) in [6, 6.07) is 9.39. The van der Waals surface area contributed by atoms with Gasteiger partial charge in [0.2, 0.25) is 0 Å². The number of esters is 1. The molecule has 1 aromatic heterocycles. The van der Waals surface area contributed by atoms with Crippen LogP contribution in [0.25, 0.3) is 11.3 Å². The molecule has 0 atom stereocenters. The monoisotopic (exact) mass is 215 g/mol. The minimum Gasteiger partial charge on any atom is -0.465 e. The molecule has 0 radical (unpaired) electrons. The van der Waals surface area contributed by atoms with Gasteiger partial charge in [-0.3, -0.25) is 0 Å². The summed E-state index contributed by atoms with van der Waals surface area (Å²) in [7, 11) is 1.38. The molecule has 0 aliphatic carbocycles. The van der Waals surface area contributed by atoms with Crippen LogP contribution in [0.1, 0.15) is 15.9 Å². The first-order valence-corrected chi connectivity index (χ1v) is 5.04. The molecule has 0 saturated heterocycles. The summed E-state index contributed by atoms with van der Waals surface area (Å²) in [5, 5.41) is 0. The Hall–Kier alpha value is -2.03. The Labute approximate surface area is 94.1 Å². The van der Waals surface area contributed by atoms with Crippen molar-refractivity contribution < 1.29 is 9.53 Å². The van der Waals surface area contributed by atoms with E-state index >= 15 is 0 Å². The van der Waals surface area contributed by atoms with E-state index in [4.69, 9.17) is 0 Å². The Balaban J connectivity index is 2.29. The maximum Gasteiger partial charge on any atom is 0.337 e. The lowest BCUT2D eigenvalue weighted by atomic mass is 10.1. The van der Waals surface area contributed by atoms with Gasteiger partial charge in [-0.15, -0.1) is 0 Å². The van der Waals surface area contributed by atoms with E-state index in [9.17, 15) is 4.79 Å². The number of aromatic amines is 1. The third-order valence-electron chi connectivity index (χ3n) is 2.44. The van der Waals surface area contributed by atoms with Gasteiger partial charge < -0.3 is 9.72 Å². The Morgan fingerprint density at radius 2 is 1.94 bits per heavy atom. The predicted octanol–water partition coefficient (Wildman–Crippen LogP) is 2.78. The van der Waals surface area contributed by atoms with Crippen molar-refractivity contribution in [1.82, 2.24) is 4.98 Å². The molecule has 0 aliphatic heterocycles. The van der Waals surface area contributed by atoms with Gasteiger partial charge >= 0.3 is 5.97 Å². The smallest absolute Gasteiger partial charge is 0.337 e. The zero-order valence-corrected chi connectivity index (χ0v) is 9.28. The number of carbonyl (C=O) groups excluding carboxylic acids is 1. The van der Waals surface area contributed by atoms with E-state index in [0.29, 0.717) is 5.56 Å². The minimum absolute atomic E-state index is 0.311. The van der Waals surface area contributed by atoms with Gasteiger partial charge in [-0.05, 0) is 36.2 Å². The molecule has 16 heavy (non-hydrogen) atoms. The van der Waals surface area contributed by atoms with Crippen molar-refractivity contribution in [2.45, 2.75) is 6.92 Å². The van der Waals surface area contributed by atoms with Crippen molar-refractivity contribution in [3.63, 3.8) is 0 Å². The summed E-state index contributed by atoms with van der Waals surface area (Å²) in [6.45, 7) is 2.03. The van der Waals surface area contributed by atoms with Crippen LogP contribution in [0, 0.1) is 6.92 Å². The first kappa shape index (κ1) is 10.5. The van der Waals surface area contributed by atoms with Gasteiger partial charge in [0.25, 0.3) is 0 Å². The second kappa shape index (κ2) is 4.23. The third kappa shape index (κ3) is 1.98. The number of methoxy groups -OCH3 is 1. The standard InChI is InChI=1S/C13H13NO2/c1-9-7-12(14-8-9)10-3-5-11(6-4-10)13(15)16-2/h3-8,14H,1-2H3. The highest BCUT2D eigenvalue weighted by Crippen LogP contribution is 2.19. The quantitative estimate of drug-likeness (QED) is 0.783. The van der Waals surface area contributed by atoms with E-state index in [-0.39, 0.29) is 5.97 Å². The lowest BCUT2D eigenvalue weighted by molar-refractivity contribution is 0.0601. The van der Waals surface area contributed by atoms with Crippen LogP contribution in [0.4, 0.5) is 0 Å². The molecule has 1 aromatic carbocycles. The molecule has 1 N–H and O–H groups in total. The fourth-order valence-electron chi connectivity index (χ4n) is 1.57. The van der Waals surface area contributed by atoms with E-state index in [0.717, 1.165) is 11.3 Å². The highest BCUT2D eigenvalue weighted by Gasteiger charge is 2.05. The van der Waals surface area contributed by atoms with Crippen LogP contribution in [0.5, 0.6) is 0 Å². The number of H-pyrrole nitrogens is 1. The molecule has 2 rings (SSSR count). The highest BCUT2D eigenvalue weighted by atomic mass is 16.5. The predicted molar refractivity (Wildman–Crippen MR) is 62.3 cm³/mol. The van der Waals surface area contributed by atoms with Gasteiger partial charge in [-0.1, -0.05) is 12.1 Å². The van der Waals surface area contributed by atoms with E-state index in [1.807, 2.05) is 25.3 Å².